The van der Waals surface area contributed by atoms with Gasteiger partial charge in [0.2, 0.25) is 0 Å². The van der Waals surface area contributed by atoms with Gasteiger partial charge in [-0.25, -0.2) is 4.98 Å². The predicted octanol–water partition coefficient (Wildman–Crippen LogP) is 2.95. The first-order valence-electron chi connectivity index (χ1n) is 3.47. The van der Waals surface area contributed by atoms with Gasteiger partial charge in [-0.2, -0.15) is 0 Å². The van der Waals surface area contributed by atoms with Crippen LogP contribution in [0.15, 0.2) is 12.3 Å². The van der Waals surface area contributed by atoms with Crippen LogP contribution in [0.3, 0.4) is 0 Å². The minimum absolute atomic E-state index is 0.334. The fourth-order valence-corrected chi connectivity index (χ4v) is 1.11. The summed E-state index contributed by atoms with van der Waals surface area (Å²) in [5.74, 6) is 2.55. The van der Waals surface area contributed by atoms with Crippen LogP contribution in [0, 0.1) is 12.3 Å². The molecule has 0 fully saturated rings. The molecule has 0 N–H and O–H groups in total. The number of terminal acetylenes is 1. The zero-order valence-corrected chi connectivity index (χ0v) is 7.86. The van der Waals surface area contributed by atoms with Gasteiger partial charge in [0, 0.05) is 12.6 Å². The molecule has 3 heteroatoms. The summed E-state index contributed by atoms with van der Waals surface area (Å²) in [5, 5.41) is 0.812. The molecular weight excluding hydrogens is 193 g/mol. The van der Waals surface area contributed by atoms with Gasteiger partial charge in [0.15, 0.2) is 0 Å². The first kappa shape index (κ1) is 9.38. The highest BCUT2D eigenvalue weighted by Crippen LogP contribution is 2.20. The molecule has 62 valence electrons. The highest BCUT2D eigenvalue weighted by Gasteiger charge is 1.99. The lowest BCUT2D eigenvalue weighted by molar-refractivity contribution is 1.01. The molecule has 1 aromatic rings. The van der Waals surface area contributed by atoms with Crippen molar-refractivity contribution in [2.75, 3.05) is 0 Å². The summed E-state index contributed by atoms with van der Waals surface area (Å²) < 4.78 is 0. The lowest BCUT2D eigenvalue weighted by Crippen LogP contribution is -1.86. The third kappa shape index (κ3) is 2.41. The highest BCUT2D eigenvalue weighted by atomic mass is 35.5. The van der Waals surface area contributed by atoms with Gasteiger partial charge in [0.25, 0.3) is 0 Å². The maximum atomic E-state index is 5.75. The van der Waals surface area contributed by atoms with Gasteiger partial charge in [0.05, 0.1) is 5.02 Å². The van der Waals surface area contributed by atoms with Crippen LogP contribution < -0.4 is 0 Å². The van der Waals surface area contributed by atoms with E-state index in [4.69, 9.17) is 29.6 Å². The number of rotatable bonds is 2. The number of pyridine rings is 1. The monoisotopic (exact) mass is 199 g/mol. The fourth-order valence-electron chi connectivity index (χ4n) is 0.814. The molecule has 0 bridgehead atoms. The Hall–Kier alpha value is -0.710. The van der Waals surface area contributed by atoms with Crippen molar-refractivity contribution in [2.45, 2.75) is 12.8 Å². The average molecular weight is 200 g/mol. The minimum Gasteiger partial charge on any atom is -0.243 e. The molecule has 1 rings (SSSR count). The average Bonchev–Trinajstić information content (AvgIpc) is 2.07. The molecule has 0 atom stereocenters. The summed E-state index contributed by atoms with van der Waals surface area (Å²) in [4.78, 5) is 3.90. The number of aryl methyl sites for hydroxylation is 1. The molecule has 0 aliphatic heterocycles. The largest absolute Gasteiger partial charge is 0.243 e. The van der Waals surface area contributed by atoms with Gasteiger partial charge in [-0.15, -0.1) is 12.3 Å². The van der Waals surface area contributed by atoms with Crippen LogP contribution in [-0.4, -0.2) is 4.98 Å². The Kier molecular flexibility index (Phi) is 3.40. The lowest BCUT2D eigenvalue weighted by Gasteiger charge is -1.98. The summed E-state index contributed by atoms with van der Waals surface area (Å²) in [5.41, 5.74) is 1.02. The summed E-state index contributed by atoms with van der Waals surface area (Å²) in [7, 11) is 0. The third-order valence-electron chi connectivity index (χ3n) is 1.41. The number of hydrogen-bond acceptors (Lipinski definition) is 1. The van der Waals surface area contributed by atoms with Crippen LogP contribution in [0.25, 0.3) is 0 Å². The van der Waals surface area contributed by atoms with E-state index in [9.17, 15) is 0 Å². The summed E-state index contributed by atoms with van der Waals surface area (Å²) in [6, 6.07) is 1.79. The van der Waals surface area contributed by atoms with E-state index in [1.54, 1.807) is 12.3 Å². The lowest BCUT2D eigenvalue weighted by atomic mass is 10.2. The van der Waals surface area contributed by atoms with Crippen molar-refractivity contribution in [3.8, 4) is 12.3 Å². The van der Waals surface area contributed by atoms with Crippen LogP contribution in [0.1, 0.15) is 12.0 Å². The minimum atomic E-state index is 0.334. The van der Waals surface area contributed by atoms with Crippen LogP contribution in [-0.2, 0) is 6.42 Å². The smallest absolute Gasteiger partial charge is 0.147 e. The van der Waals surface area contributed by atoms with Gasteiger partial charge < -0.3 is 0 Å². The number of aromatic nitrogens is 1. The van der Waals surface area contributed by atoms with E-state index in [0.29, 0.717) is 16.6 Å². The molecular formula is C9H7Cl2N. The van der Waals surface area contributed by atoms with Crippen LogP contribution in [0.4, 0.5) is 0 Å². The number of hydrogen-bond donors (Lipinski definition) is 0. The van der Waals surface area contributed by atoms with Crippen molar-refractivity contribution >= 4 is 23.2 Å². The maximum Gasteiger partial charge on any atom is 0.147 e. The Morgan fingerprint density at radius 3 is 2.83 bits per heavy atom. The first-order chi connectivity index (χ1) is 5.74. The van der Waals surface area contributed by atoms with Crippen molar-refractivity contribution in [2.24, 2.45) is 0 Å². The fraction of sp³-hybridized carbons (Fsp3) is 0.222. The summed E-state index contributed by atoms with van der Waals surface area (Å²) >= 11 is 11.4. The number of nitrogens with zero attached hydrogens (tertiary/aromatic N) is 1. The molecule has 0 amide bonds. The zero-order chi connectivity index (χ0) is 8.97. The van der Waals surface area contributed by atoms with E-state index in [0.717, 1.165) is 12.0 Å². The second-order valence-corrected chi connectivity index (χ2v) is 3.09. The standard InChI is InChI=1S/C9H7Cl2N/c1-2-3-4-7-5-8(10)9(11)12-6-7/h1,5-6H,3-4H2. The molecule has 0 unspecified atom stereocenters. The normalized spacial score (nSPS) is 9.42. The van der Waals surface area contributed by atoms with Crippen molar-refractivity contribution in [3.05, 3.63) is 28.0 Å². The van der Waals surface area contributed by atoms with Gasteiger partial charge >= 0.3 is 0 Å². The molecule has 0 saturated heterocycles. The Bertz CT molecular complexity index is 315. The quantitative estimate of drug-likeness (QED) is 0.528. The molecule has 0 aliphatic carbocycles. The van der Waals surface area contributed by atoms with Gasteiger partial charge in [0.1, 0.15) is 5.15 Å². The SMILES string of the molecule is C#CCCc1cnc(Cl)c(Cl)c1. The van der Waals surface area contributed by atoms with Crippen LogP contribution in [0.5, 0.6) is 0 Å². The van der Waals surface area contributed by atoms with Crippen LogP contribution in [0.2, 0.25) is 10.2 Å². The molecule has 0 radical (unpaired) electrons. The summed E-state index contributed by atoms with van der Waals surface area (Å²) in [6.07, 6.45) is 8.29. The van der Waals surface area contributed by atoms with Gasteiger partial charge in [-0.1, -0.05) is 23.2 Å². The Morgan fingerprint density at radius 1 is 1.50 bits per heavy atom. The topological polar surface area (TPSA) is 12.9 Å². The van der Waals surface area contributed by atoms with Crippen LogP contribution >= 0.6 is 23.2 Å². The molecule has 0 aromatic carbocycles. The highest BCUT2D eigenvalue weighted by molar-refractivity contribution is 6.41. The van der Waals surface area contributed by atoms with E-state index in [1.807, 2.05) is 0 Å². The Balaban J connectivity index is 2.77. The van der Waals surface area contributed by atoms with E-state index in [-0.39, 0.29) is 0 Å². The molecule has 0 aliphatic rings. The van der Waals surface area contributed by atoms with E-state index in [2.05, 4.69) is 10.9 Å². The Morgan fingerprint density at radius 2 is 2.25 bits per heavy atom. The second kappa shape index (κ2) is 4.35. The van der Waals surface area contributed by atoms with E-state index >= 15 is 0 Å². The van der Waals surface area contributed by atoms with E-state index in [1.165, 1.54) is 0 Å². The molecule has 0 spiro atoms. The molecule has 1 aromatic heterocycles. The zero-order valence-electron chi connectivity index (χ0n) is 6.35. The van der Waals surface area contributed by atoms with Gasteiger partial charge in [-0.3, -0.25) is 0 Å². The third-order valence-corrected chi connectivity index (χ3v) is 2.10. The summed E-state index contributed by atoms with van der Waals surface area (Å²) in [6.45, 7) is 0. The molecule has 0 saturated carbocycles. The van der Waals surface area contributed by atoms with Crippen molar-refractivity contribution in [1.29, 1.82) is 0 Å². The first-order valence-corrected chi connectivity index (χ1v) is 4.23. The van der Waals surface area contributed by atoms with E-state index < -0.39 is 0 Å². The molecule has 12 heavy (non-hydrogen) atoms. The van der Waals surface area contributed by atoms with Gasteiger partial charge in [-0.05, 0) is 18.1 Å². The predicted molar refractivity (Wildman–Crippen MR) is 51.4 cm³/mol. The number of halogens is 2. The molecule has 1 heterocycles. The maximum absolute atomic E-state index is 5.75. The Labute approximate surface area is 81.7 Å². The van der Waals surface area contributed by atoms with Crippen molar-refractivity contribution in [1.82, 2.24) is 4.98 Å². The molecule has 1 nitrogen and oxygen atoms in total. The second-order valence-electron chi connectivity index (χ2n) is 2.32. The van der Waals surface area contributed by atoms with Crippen molar-refractivity contribution < 1.29 is 0 Å². The van der Waals surface area contributed by atoms with Crippen molar-refractivity contribution in [3.63, 3.8) is 0 Å².